The third-order valence-corrected chi connectivity index (χ3v) is 11.3. The quantitative estimate of drug-likeness (QED) is 0.178. The summed E-state index contributed by atoms with van der Waals surface area (Å²) in [5, 5.41) is 0.756. The van der Waals surface area contributed by atoms with Crippen molar-refractivity contribution in [1.29, 1.82) is 0 Å². The fourth-order valence-corrected chi connectivity index (χ4v) is 8.69. The number of furan rings is 2. The van der Waals surface area contributed by atoms with E-state index < -0.39 is 164 Å². The van der Waals surface area contributed by atoms with Crippen molar-refractivity contribution in [3.8, 4) is 0 Å². The minimum Gasteiger partial charge on any atom is -0.456 e. The van der Waals surface area contributed by atoms with Crippen LogP contribution >= 0.6 is 0 Å². The zero-order valence-electron chi connectivity index (χ0n) is 62.4. The number of para-hydroxylation sites is 4. The second-order valence-electron chi connectivity index (χ2n) is 14.5. The molecule has 0 N–H and O–H groups in total. The van der Waals surface area contributed by atoms with Gasteiger partial charge in [0.15, 0.2) is 0 Å². The molecule has 2 aliphatic heterocycles. The molecule has 4 aliphatic carbocycles. The third kappa shape index (κ3) is 5.12. The molecule has 13 rings (SSSR count). The lowest BCUT2D eigenvalue weighted by Crippen LogP contribution is -2.43. The van der Waals surface area contributed by atoms with Crippen LogP contribution in [0.4, 0.5) is 11.4 Å². The van der Waals surface area contributed by atoms with Gasteiger partial charge in [-0.3, -0.25) is 0 Å². The summed E-state index contributed by atoms with van der Waals surface area (Å²) in [5.41, 5.74) is -4.33. The fourth-order valence-electron chi connectivity index (χ4n) is 8.69. The summed E-state index contributed by atoms with van der Waals surface area (Å²) in [7, 11) is 0. The van der Waals surface area contributed by atoms with Crippen LogP contribution in [0.15, 0.2) is 136 Å². The van der Waals surface area contributed by atoms with Crippen molar-refractivity contribution in [1.82, 2.24) is 0 Å². The maximum absolute atomic E-state index is 11.1. The average molecular weight is 795 g/mol. The number of rotatable bonds is 4. The van der Waals surface area contributed by atoms with Crippen LogP contribution in [0, 0.1) is 35.4 Å². The molecule has 2 aromatic heterocycles. The summed E-state index contributed by atoms with van der Waals surface area (Å²) >= 11 is 0. The molecule has 3 saturated carbocycles. The second kappa shape index (κ2) is 13.3. The summed E-state index contributed by atoms with van der Waals surface area (Å²) in [4.78, 5) is 0.260. The van der Waals surface area contributed by atoms with E-state index in [4.69, 9.17) is 12.9 Å². The van der Waals surface area contributed by atoms with E-state index in [0.29, 0.717) is 16.4 Å². The first-order valence-electron chi connectivity index (χ1n) is 35.1. The lowest BCUT2D eigenvalue weighted by molar-refractivity contribution is 0.0955. The van der Waals surface area contributed by atoms with Crippen LogP contribution in [-0.2, 0) is 0 Å². The van der Waals surface area contributed by atoms with Gasteiger partial charge in [0.05, 0.1) is 2.74 Å². The van der Waals surface area contributed by atoms with E-state index in [2.05, 4.69) is 0 Å². The zero-order chi connectivity index (χ0) is 66.8. The molecule has 7 aromatic rings. The van der Waals surface area contributed by atoms with Crippen LogP contribution in [-0.4, -0.2) is 18.1 Å². The number of hydrogen-bond acceptors (Lipinski definition) is 4. The van der Waals surface area contributed by atoms with Crippen molar-refractivity contribution in [3.63, 3.8) is 0 Å². The van der Waals surface area contributed by atoms with E-state index in [0.717, 1.165) is 42.5 Å². The SMILES string of the molecule is [2H]C1C=C2N(c3ccccc3)C3C([2H])([2H])C([2H])([2H])C([2H])(C4([2H])C([2H])([2H])C([2H])([2H])C5([2H])N(c6ccc7c(c6)oc6ccccc67)C6([2H])C([2H])([2H])C([2H])([2H])C([2H])(c7cccc8c7oc7ccccc78)C([2H])([2H])C6([2H])C5([2H])C4([2H])[2H])C([2H])([2H])C3([2H])C2([2H])C([2H])([2H])C1([2H])[2H]. The molecule has 5 fully saturated rings. The number of nitrogens with zero attached hydrogens (tertiary/aromatic N) is 2. The van der Waals surface area contributed by atoms with Gasteiger partial charge in [0.1, 0.15) is 22.3 Å². The minimum absolute atomic E-state index is 0.00122. The predicted octanol–water partition coefficient (Wildman–Crippen LogP) is 14.0. The van der Waals surface area contributed by atoms with Gasteiger partial charge in [0.2, 0.25) is 0 Å². The van der Waals surface area contributed by atoms with Crippen molar-refractivity contribution in [2.45, 2.75) is 100 Å². The van der Waals surface area contributed by atoms with Crippen LogP contribution in [0.2, 0.25) is 0 Å². The largest absolute Gasteiger partial charge is 0.456 e. The number of benzene rings is 5. The van der Waals surface area contributed by atoms with Crippen LogP contribution in [0.25, 0.3) is 43.9 Å². The normalized spacial score (nSPS) is 62.4. The molecule has 0 bridgehead atoms. The Morgan fingerprint density at radius 1 is 0.552 bits per heavy atom. The van der Waals surface area contributed by atoms with Crippen LogP contribution in [0.5, 0.6) is 0 Å². The molecular weight excluding hydrogens is 709 g/mol. The molecular formula is C54H54N2O2. The van der Waals surface area contributed by atoms with Crippen molar-refractivity contribution in [3.05, 3.63) is 133 Å². The van der Waals surface area contributed by atoms with Crippen LogP contribution in [0.3, 0.4) is 0 Å². The molecule has 4 heterocycles. The first-order valence-corrected chi connectivity index (χ1v) is 19.0. The molecule has 11 unspecified atom stereocenters. The Balaban J connectivity index is 1.18. The Morgan fingerprint density at radius 2 is 1.24 bits per heavy atom. The lowest BCUT2D eigenvalue weighted by atomic mass is 9.61. The average Bonchev–Trinajstić information content (AvgIpc) is 1.33. The van der Waals surface area contributed by atoms with E-state index in [1.54, 1.807) is 18.2 Å². The fraction of sp³-hybridized carbons (Fsp3) is 0.407. The van der Waals surface area contributed by atoms with Gasteiger partial charge in [-0.25, -0.2) is 0 Å². The molecule has 2 saturated heterocycles. The van der Waals surface area contributed by atoms with Crippen molar-refractivity contribution < 1.29 is 52.7 Å². The van der Waals surface area contributed by atoms with Gasteiger partial charge >= 0.3 is 0 Å². The molecule has 6 aliphatic rings. The van der Waals surface area contributed by atoms with Crippen molar-refractivity contribution in [2.75, 3.05) is 9.80 Å². The molecule has 0 spiro atoms. The highest BCUT2D eigenvalue weighted by atomic mass is 16.3. The Labute approximate surface area is 386 Å². The predicted molar refractivity (Wildman–Crippen MR) is 237 cm³/mol. The van der Waals surface area contributed by atoms with E-state index in [-0.39, 0.29) is 37.8 Å². The Morgan fingerprint density at radius 3 is 2.10 bits per heavy atom. The molecule has 4 heteroatoms. The molecule has 4 nitrogen and oxygen atoms in total. The number of anilines is 2. The van der Waals surface area contributed by atoms with Gasteiger partial charge in [-0.15, -0.1) is 0 Å². The Hall–Kier alpha value is -4.96. The Bertz CT molecular complexity index is 4300. The highest BCUT2D eigenvalue weighted by molar-refractivity contribution is 6.06. The zero-order valence-corrected chi connectivity index (χ0v) is 30.4. The maximum atomic E-state index is 11.1. The van der Waals surface area contributed by atoms with Gasteiger partial charge in [-0.2, -0.15) is 0 Å². The van der Waals surface area contributed by atoms with Gasteiger partial charge < -0.3 is 18.6 Å². The monoisotopic (exact) mass is 795 g/mol. The van der Waals surface area contributed by atoms with Gasteiger partial charge in [0, 0.05) is 110 Å². The summed E-state index contributed by atoms with van der Waals surface area (Å²) in [6, 6.07) is 11.7. The van der Waals surface area contributed by atoms with Crippen molar-refractivity contribution >= 4 is 55.3 Å². The third-order valence-electron chi connectivity index (χ3n) is 11.3. The van der Waals surface area contributed by atoms with E-state index in [1.807, 2.05) is 0 Å². The Kier molecular flexibility index (Phi) is 3.49. The smallest absolute Gasteiger partial charge is 0.138 e. The summed E-state index contributed by atoms with van der Waals surface area (Å²) in [5.74, 6) is -34.5. The summed E-state index contributed by atoms with van der Waals surface area (Å²) < 4.78 is 339. The maximum Gasteiger partial charge on any atom is 0.138 e. The second-order valence-corrected chi connectivity index (χ2v) is 14.5. The molecule has 11 atom stereocenters. The summed E-state index contributed by atoms with van der Waals surface area (Å²) in [6.07, 6.45) is -54.3. The number of allylic oxidation sites excluding steroid dienone is 2. The molecule has 58 heavy (non-hydrogen) atoms. The standard InChI is InChI=1S/C54H54N2O2/c1-2-11-36(12-3-1)55-47-18-7-4-13-39(47)44-29-33(21-26-48(44)55)34-22-27-49-45(30-34)46-31-35(38-16-10-17-43-41-15-6-9-20-52(41)58-54(38)43)23-28-50(46)56(49)37-24-25-42-40-14-5-8-19-51(40)57-53(42)32-37/h1-3,5-6,8-12,14-20,24-25,32-35,39,44-46,48-50H,4,7,13,21-23,26-31H2/i4D2,7D,13D2,21D2,22D2,23D2,26D2,27D2,28D2,29D2,30D2,31D2,33D,34D,35D,39D,44D,45D,46D,49D,50D. The van der Waals surface area contributed by atoms with E-state index in [1.165, 1.54) is 54.6 Å². The molecule has 0 amide bonds. The molecule has 0 radical (unpaired) electrons. The topological polar surface area (TPSA) is 32.8 Å². The first-order chi connectivity index (χ1) is 40.9. The highest BCUT2D eigenvalue weighted by Gasteiger charge is 2.55. The van der Waals surface area contributed by atoms with E-state index >= 15 is 0 Å². The number of fused-ring (bicyclic) bond motifs is 12. The van der Waals surface area contributed by atoms with Crippen molar-refractivity contribution in [2.24, 2.45) is 35.4 Å². The van der Waals surface area contributed by atoms with Gasteiger partial charge in [-0.05, 0) is 154 Å². The minimum atomic E-state index is -5.61. The van der Waals surface area contributed by atoms with Gasteiger partial charge in [-0.1, -0.05) is 78.9 Å². The van der Waals surface area contributed by atoms with Crippen LogP contribution < -0.4 is 9.80 Å². The summed E-state index contributed by atoms with van der Waals surface area (Å²) in [6.45, 7) is 0. The molecule has 292 valence electrons. The lowest BCUT2D eigenvalue weighted by Gasteiger charge is -2.44. The highest BCUT2D eigenvalue weighted by Crippen LogP contribution is 2.59. The number of hydrogen-bond donors (Lipinski definition) is 0. The van der Waals surface area contributed by atoms with Gasteiger partial charge in [0.25, 0.3) is 0 Å². The van der Waals surface area contributed by atoms with Crippen LogP contribution in [0.1, 0.15) is 132 Å². The molecule has 5 aromatic carbocycles. The first kappa shape index (κ1) is 15.3. The van der Waals surface area contributed by atoms with E-state index in [9.17, 15) is 39.8 Å².